The van der Waals surface area contributed by atoms with Crippen molar-refractivity contribution in [3.05, 3.63) is 23.8 Å². The van der Waals surface area contributed by atoms with E-state index in [1.54, 1.807) is 68.4 Å². The van der Waals surface area contributed by atoms with Crippen LogP contribution in [0.2, 0.25) is 0 Å². The Kier molecular flexibility index (Phi) is 11.8. The molecule has 0 aliphatic rings. The Bertz CT molecular complexity index is 951. The molecular weight excluding hydrogens is 486 g/mol. The molecule has 1 rings (SSSR count). The topological polar surface area (TPSA) is 150 Å². The third-order valence-corrected chi connectivity index (χ3v) is 4.69. The summed E-state index contributed by atoms with van der Waals surface area (Å²) in [5.74, 6) is -1.35. The lowest BCUT2D eigenvalue weighted by Gasteiger charge is -2.25. The molecule has 37 heavy (non-hydrogen) atoms. The maximum Gasteiger partial charge on any atom is 0.514 e. The lowest BCUT2D eigenvalue weighted by atomic mass is 9.97. The molecule has 0 fully saturated rings. The Balaban J connectivity index is 2.95. The number of hydrogen-bond donors (Lipinski definition) is 1. The molecule has 0 heterocycles. The standard InChI is InChI=1S/C26H39NO10/c1-14(2)32-24(30)36-20-11-10-18(13-21(20)37-25(31)33-15(3)4)12-19(27)22(28)34-16(5)17(6)35-23(29)26(7,8)9/h10-11,13-17,19H,12,27H2,1-9H3/t16-,17?,19-/m0/s1. The molecule has 2 N–H and O–H groups in total. The Morgan fingerprint density at radius 1 is 0.757 bits per heavy atom. The molecule has 208 valence electrons. The van der Waals surface area contributed by atoms with E-state index in [4.69, 9.17) is 34.2 Å². The van der Waals surface area contributed by atoms with Crippen LogP contribution >= 0.6 is 0 Å². The number of rotatable bonds is 10. The zero-order valence-corrected chi connectivity index (χ0v) is 23.0. The maximum atomic E-state index is 12.6. The Hall–Kier alpha value is -3.34. The van der Waals surface area contributed by atoms with Gasteiger partial charge in [0.25, 0.3) is 0 Å². The van der Waals surface area contributed by atoms with Crippen molar-refractivity contribution in [3.8, 4) is 11.5 Å². The summed E-state index contributed by atoms with van der Waals surface area (Å²) < 4.78 is 31.0. The van der Waals surface area contributed by atoms with Gasteiger partial charge in [-0.15, -0.1) is 0 Å². The lowest BCUT2D eigenvalue weighted by molar-refractivity contribution is -0.171. The van der Waals surface area contributed by atoms with Crippen LogP contribution in [0.3, 0.4) is 0 Å². The molecule has 0 aliphatic heterocycles. The third-order valence-electron chi connectivity index (χ3n) is 4.69. The zero-order valence-electron chi connectivity index (χ0n) is 23.0. The Morgan fingerprint density at radius 3 is 1.73 bits per heavy atom. The summed E-state index contributed by atoms with van der Waals surface area (Å²) in [4.78, 5) is 48.6. The van der Waals surface area contributed by atoms with Gasteiger partial charge in [0.05, 0.1) is 17.6 Å². The molecule has 0 saturated carbocycles. The van der Waals surface area contributed by atoms with Crippen LogP contribution < -0.4 is 15.2 Å². The number of esters is 2. The van der Waals surface area contributed by atoms with Gasteiger partial charge < -0.3 is 34.2 Å². The first-order chi connectivity index (χ1) is 17.0. The van der Waals surface area contributed by atoms with Crippen molar-refractivity contribution in [2.75, 3.05) is 0 Å². The van der Waals surface area contributed by atoms with Gasteiger partial charge in [-0.2, -0.15) is 0 Å². The van der Waals surface area contributed by atoms with E-state index in [0.29, 0.717) is 5.56 Å². The average molecular weight is 526 g/mol. The van der Waals surface area contributed by atoms with Gasteiger partial charge in [0.15, 0.2) is 11.5 Å². The summed E-state index contributed by atoms with van der Waals surface area (Å²) in [5, 5.41) is 0. The van der Waals surface area contributed by atoms with Crippen molar-refractivity contribution in [1.82, 2.24) is 0 Å². The molecule has 0 spiro atoms. The van der Waals surface area contributed by atoms with Crippen LogP contribution in [0.4, 0.5) is 9.59 Å². The molecule has 0 amide bonds. The number of carbonyl (C=O) groups excluding carboxylic acids is 4. The molecule has 11 heteroatoms. The highest BCUT2D eigenvalue weighted by Crippen LogP contribution is 2.30. The fraction of sp³-hybridized carbons (Fsp3) is 0.615. The molecular formula is C26H39NO10. The summed E-state index contributed by atoms with van der Waals surface area (Å²) in [5.41, 5.74) is 5.83. The number of carbonyl (C=O) groups is 4. The molecule has 1 aromatic carbocycles. The highest BCUT2D eigenvalue weighted by atomic mass is 16.7. The molecule has 0 aliphatic carbocycles. The van der Waals surface area contributed by atoms with E-state index in [1.165, 1.54) is 12.1 Å². The predicted octanol–water partition coefficient (Wildman–Crippen LogP) is 4.31. The van der Waals surface area contributed by atoms with Crippen LogP contribution in [0.15, 0.2) is 18.2 Å². The van der Waals surface area contributed by atoms with Crippen molar-refractivity contribution < 1.29 is 47.6 Å². The Labute approximate surface area is 217 Å². The van der Waals surface area contributed by atoms with E-state index in [2.05, 4.69) is 0 Å². The van der Waals surface area contributed by atoms with Gasteiger partial charge in [-0.05, 0) is 86.4 Å². The van der Waals surface area contributed by atoms with Crippen molar-refractivity contribution >= 4 is 24.2 Å². The third kappa shape index (κ3) is 11.5. The predicted molar refractivity (Wildman–Crippen MR) is 133 cm³/mol. The van der Waals surface area contributed by atoms with Gasteiger partial charge in [-0.25, -0.2) is 9.59 Å². The minimum atomic E-state index is -1.08. The van der Waals surface area contributed by atoms with Crippen molar-refractivity contribution in [3.63, 3.8) is 0 Å². The highest BCUT2D eigenvalue weighted by Gasteiger charge is 2.29. The van der Waals surface area contributed by atoms with Gasteiger partial charge in [-0.1, -0.05) is 6.07 Å². The molecule has 3 atom stereocenters. The fourth-order valence-electron chi connectivity index (χ4n) is 2.60. The SMILES string of the molecule is CC(C)OC(=O)Oc1ccc(C[C@H](N)C(=O)O[C@@H](C)C(C)OC(=O)C(C)(C)C)cc1OC(=O)OC(C)C. The summed E-state index contributed by atoms with van der Waals surface area (Å²) in [6.07, 6.45) is -4.27. The van der Waals surface area contributed by atoms with E-state index < -0.39 is 60.1 Å². The van der Waals surface area contributed by atoms with Gasteiger partial charge >= 0.3 is 24.2 Å². The smallest absolute Gasteiger partial charge is 0.458 e. The highest BCUT2D eigenvalue weighted by molar-refractivity contribution is 5.77. The van der Waals surface area contributed by atoms with Gasteiger partial charge in [0.2, 0.25) is 0 Å². The molecule has 0 bridgehead atoms. The van der Waals surface area contributed by atoms with E-state index in [0.717, 1.165) is 0 Å². The maximum absolute atomic E-state index is 12.6. The fourth-order valence-corrected chi connectivity index (χ4v) is 2.60. The minimum Gasteiger partial charge on any atom is -0.458 e. The van der Waals surface area contributed by atoms with Gasteiger partial charge in [0.1, 0.15) is 18.2 Å². The van der Waals surface area contributed by atoms with Crippen LogP contribution in [0, 0.1) is 5.41 Å². The van der Waals surface area contributed by atoms with Crippen LogP contribution in [-0.2, 0) is 35.0 Å². The van der Waals surface area contributed by atoms with Crippen molar-refractivity contribution in [2.45, 2.75) is 99.2 Å². The summed E-state index contributed by atoms with van der Waals surface area (Å²) in [6, 6.07) is 3.23. The van der Waals surface area contributed by atoms with E-state index in [-0.39, 0.29) is 17.9 Å². The minimum absolute atomic E-state index is 0.00796. The quantitative estimate of drug-likeness (QED) is 0.264. The van der Waals surface area contributed by atoms with Crippen LogP contribution in [0.1, 0.15) is 67.9 Å². The number of nitrogens with two attached hydrogens (primary N) is 1. The van der Waals surface area contributed by atoms with Crippen LogP contribution in [0.5, 0.6) is 11.5 Å². The molecule has 0 radical (unpaired) electrons. The lowest BCUT2D eigenvalue weighted by Crippen LogP contribution is -2.40. The van der Waals surface area contributed by atoms with Crippen LogP contribution in [0.25, 0.3) is 0 Å². The molecule has 11 nitrogen and oxygen atoms in total. The largest absolute Gasteiger partial charge is 0.514 e. The van der Waals surface area contributed by atoms with Gasteiger partial charge in [-0.3, -0.25) is 9.59 Å². The molecule has 0 aromatic heterocycles. The number of hydrogen-bond acceptors (Lipinski definition) is 11. The second kappa shape index (κ2) is 13.8. The van der Waals surface area contributed by atoms with E-state index in [9.17, 15) is 19.2 Å². The summed E-state index contributed by atoms with van der Waals surface area (Å²) in [6.45, 7) is 15.0. The number of benzene rings is 1. The zero-order chi connectivity index (χ0) is 28.5. The van der Waals surface area contributed by atoms with Crippen LogP contribution in [-0.4, -0.2) is 54.7 Å². The molecule has 1 aromatic rings. The van der Waals surface area contributed by atoms with Gasteiger partial charge in [0, 0.05) is 0 Å². The van der Waals surface area contributed by atoms with E-state index >= 15 is 0 Å². The first-order valence-corrected chi connectivity index (χ1v) is 12.1. The molecule has 0 saturated heterocycles. The monoisotopic (exact) mass is 525 g/mol. The second-order valence-electron chi connectivity index (χ2n) is 10.1. The molecule has 1 unspecified atom stereocenters. The second-order valence-corrected chi connectivity index (χ2v) is 10.1. The normalized spacial score (nSPS) is 13.8. The first kappa shape index (κ1) is 31.7. The Morgan fingerprint density at radius 2 is 1.24 bits per heavy atom. The van der Waals surface area contributed by atoms with E-state index in [1.807, 2.05) is 0 Å². The first-order valence-electron chi connectivity index (χ1n) is 12.1. The average Bonchev–Trinajstić information content (AvgIpc) is 2.73. The van der Waals surface area contributed by atoms with Crippen molar-refractivity contribution in [2.24, 2.45) is 11.1 Å². The summed E-state index contributed by atoms with van der Waals surface area (Å²) in [7, 11) is 0. The van der Waals surface area contributed by atoms with Crippen molar-refractivity contribution in [1.29, 1.82) is 0 Å². The summed E-state index contributed by atoms with van der Waals surface area (Å²) >= 11 is 0. The number of ether oxygens (including phenoxy) is 6.